The molecule has 1 aromatic rings. The SMILES string of the molecule is CC1(C)C/C(=N\S(=O)C(C)(C)C)c2occc2C1. The van der Waals surface area contributed by atoms with Crippen molar-refractivity contribution in [2.75, 3.05) is 0 Å². The van der Waals surface area contributed by atoms with Crippen LogP contribution in [0.1, 0.15) is 52.4 Å². The van der Waals surface area contributed by atoms with Gasteiger partial charge < -0.3 is 4.42 Å². The summed E-state index contributed by atoms with van der Waals surface area (Å²) in [5.74, 6) is 0.826. The summed E-state index contributed by atoms with van der Waals surface area (Å²) < 4.78 is 21.7. The minimum atomic E-state index is -1.23. The van der Waals surface area contributed by atoms with E-state index in [2.05, 4.69) is 18.2 Å². The van der Waals surface area contributed by atoms with E-state index in [1.807, 2.05) is 26.8 Å². The third kappa shape index (κ3) is 2.74. The van der Waals surface area contributed by atoms with E-state index in [0.717, 1.165) is 24.3 Å². The van der Waals surface area contributed by atoms with Crippen LogP contribution in [0.5, 0.6) is 0 Å². The van der Waals surface area contributed by atoms with E-state index in [4.69, 9.17) is 4.42 Å². The first kappa shape index (κ1) is 13.5. The number of hydrogen-bond acceptors (Lipinski definition) is 2. The van der Waals surface area contributed by atoms with Crippen LogP contribution >= 0.6 is 0 Å². The highest BCUT2D eigenvalue weighted by atomic mass is 32.2. The molecule has 18 heavy (non-hydrogen) atoms. The van der Waals surface area contributed by atoms with Crippen LogP contribution in [0.4, 0.5) is 0 Å². The summed E-state index contributed by atoms with van der Waals surface area (Å²) in [6.07, 6.45) is 3.50. The molecular weight excluding hydrogens is 246 g/mol. The van der Waals surface area contributed by atoms with Crippen LogP contribution in [-0.4, -0.2) is 14.7 Å². The minimum absolute atomic E-state index is 0.151. The van der Waals surface area contributed by atoms with Gasteiger partial charge in [-0.05, 0) is 45.1 Å². The largest absolute Gasteiger partial charge is 0.463 e. The number of furan rings is 1. The van der Waals surface area contributed by atoms with Crippen molar-refractivity contribution in [1.29, 1.82) is 0 Å². The maximum absolute atomic E-state index is 12.2. The molecule has 0 N–H and O–H groups in total. The van der Waals surface area contributed by atoms with Gasteiger partial charge in [0.25, 0.3) is 0 Å². The van der Waals surface area contributed by atoms with Crippen LogP contribution in [0.3, 0.4) is 0 Å². The van der Waals surface area contributed by atoms with E-state index in [-0.39, 0.29) is 10.2 Å². The molecule has 0 aliphatic heterocycles. The summed E-state index contributed by atoms with van der Waals surface area (Å²) in [6.45, 7) is 10.2. The quantitative estimate of drug-likeness (QED) is 0.781. The molecule has 1 atom stereocenters. The van der Waals surface area contributed by atoms with Gasteiger partial charge in [0.05, 0.1) is 16.7 Å². The predicted molar refractivity (Wildman–Crippen MR) is 75.2 cm³/mol. The summed E-state index contributed by atoms with van der Waals surface area (Å²) in [5, 5.41) is 0. The molecule has 100 valence electrons. The van der Waals surface area contributed by atoms with Gasteiger partial charge in [-0.1, -0.05) is 13.8 Å². The van der Waals surface area contributed by atoms with E-state index in [1.165, 1.54) is 5.56 Å². The molecule has 1 aliphatic rings. The van der Waals surface area contributed by atoms with E-state index in [9.17, 15) is 4.21 Å². The van der Waals surface area contributed by atoms with Gasteiger partial charge in [-0.3, -0.25) is 0 Å². The topological polar surface area (TPSA) is 42.6 Å². The Kier molecular flexibility index (Phi) is 3.26. The van der Waals surface area contributed by atoms with Crippen molar-refractivity contribution in [3.8, 4) is 0 Å². The normalized spacial score (nSPS) is 22.8. The molecule has 3 nitrogen and oxygen atoms in total. The third-order valence-electron chi connectivity index (χ3n) is 3.04. The molecule has 0 radical (unpaired) electrons. The number of nitrogens with zero attached hydrogens (tertiary/aromatic N) is 1. The second-order valence-electron chi connectivity index (χ2n) is 6.69. The molecule has 4 heteroatoms. The maximum atomic E-state index is 12.2. The van der Waals surface area contributed by atoms with Crippen molar-refractivity contribution in [1.82, 2.24) is 0 Å². The van der Waals surface area contributed by atoms with Gasteiger partial charge in [-0.25, -0.2) is 4.21 Å². The Morgan fingerprint density at radius 1 is 1.33 bits per heavy atom. The van der Waals surface area contributed by atoms with Crippen LogP contribution in [0.25, 0.3) is 0 Å². The lowest BCUT2D eigenvalue weighted by Gasteiger charge is -2.29. The van der Waals surface area contributed by atoms with Crippen molar-refractivity contribution in [3.05, 3.63) is 23.7 Å². The van der Waals surface area contributed by atoms with Crippen LogP contribution in [-0.2, 0) is 17.4 Å². The smallest absolute Gasteiger partial charge is 0.152 e. The van der Waals surface area contributed by atoms with Gasteiger partial charge in [0.2, 0.25) is 0 Å². The Bertz CT molecular complexity index is 506. The molecule has 1 heterocycles. The van der Waals surface area contributed by atoms with Crippen LogP contribution in [0, 0.1) is 5.41 Å². The molecule has 1 aromatic heterocycles. The fourth-order valence-electron chi connectivity index (χ4n) is 2.15. The first-order valence-electron chi connectivity index (χ1n) is 6.25. The Morgan fingerprint density at radius 2 is 2.00 bits per heavy atom. The number of rotatable bonds is 1. The molecule has 0 saturated heterocycles. The molecule has 1 aliphatic carbocycles. The number of hydrogen-bond donors (Lipinski definition) is 0. The van der Waals surface area contributed by atoms with E-state index in [0.29, 0.717) is 0 Å². The second-order valence-corrected chi connectivity index (χ2v) is 8.60. The van der Waals surface area contributed by atoms with Crippen molar-refractivity contribution in [2.24, 2.45) is 9.81 Å². The van der Waals surface area contributed by atoms with E-state index >= 15 is 0 Å². The van der Waals surface area contributed by atoms with Crippen molar-refractivity contribution in [2.45, 2.75) is 52.2 Å². The Morgan fingerprint density at radius 3 is 2.61 bits per heavy atom. The van der Waals surface area contributed by atoms with Crippen molar-refractivity contribution >= 4 is 16.7 Å². The summed E-state index contributed by atoms with van der Waals surface area (Å²) in [5.41, 5.74) is 2.17. The molecule has 2 rings (SSSR count). The molecule has 0 bridgehead atoms. The number of fused-ring (bicyclic) bond motifs is 1. The molecular formula is C14H21NO2S. The zero-order chi connectivity index (χ0) is 13.6. The average Bonchev–Trinajstić information content (AvgIpc) is 2.61. The van der Waals surface area contributed by atoms with Gasteiger partial charge in [-0.2, -0.15) is 4.40 Å². The van der Waals surface area contributed by atoms with Gasteiger partial charge >= 0.3 is 0 Å². The monoisotopic (exact) mass is 267 g/mol. The van der Waals surface area contributed by atoms with Gasteiger partial charge in [0.15, 0.2) is 5.76 Å². The van der Waals surface area contributed by atoms with Gasteiger partial charge in [0.1, 0.15) is 11.0 Å². The summed E-state index contributed by atoms with van der Waals surface area (Å²) >= 11 is 0. The van der Waals surface area contributed by atoms with Crippen molar-refractivity contribution < 1.29 is 8.63 Å². The zero-order valence-corrected chi connectivity index (χ0v) is 12.6. The maximum Gasteiger partial charge on any atom is 0.152 e. The standard InChI is InChI=1S/C14H21NO2S/c1-13(2,3)18(16)15-11-9-14(4,5)8-10-6-7-17-12(10)11/h6-7H,8-9H2,1-5H3/b15-11+. The fraction of sp³-hybridized carbons (Fsp3) is 0.643. The van der Waals surface area contributed by atoms with Crippen LogP contribution < -0.4 is 0 Å². The lowest BCUT2D eigenvalue weighted by atomic mass is 9.76. The Balaban J connectivity index is 2.41. The molecule has 1 unspecified atom stereocenters. The summed E-state index contributed by atoms with van der Waals surface area (Å²) in [4.78, 5) is 0. The highest BCUT2D eigenvalue weighted by Crippen LogP contribution is 2.36. The third-order valence-corrected chi connectivity index (χ3v) is 4.47. The highest BCUT2D eigenvalue weighted by molar-refractivity contribution is 7.85. The summed E-state index contributed by atoms with van der Waals surface area (Å²) in [6, 6.07) is 1.99. The first-order valence-corrected chi connectivity index (χ1v) is 7.36. The fourth-order valence-corrected chi connectivity index (χ4v) is 2.77. The van der Waals surface area contributed by atoms with E-state index in [1.54, 1.807) is 6.26 Å². The minimum Gasteiger partial charge on any atom is -0.463 e. The molecule has 0 aromatic carbocycles. The molecule has 0 amide bonds. The average molecular weight is 267 g/mol. The molecule has 0 spiro atoms. The summed E-state index contributed by atoms with van der Waals surface area (Å²) in [7, 11) is -1.23. The lowest BCUT2D eigenvalue weighted by Crippen LogP contribution is -2.28. The Labute approximate surface area is 111 Å². The predicted octanol–water partition coefficient (Wildman–Crippen LogP) is 3.50. The van der Waals surface area contributed by atoms with Crippen molar-refractivity contribution in [3.63, 3.8) is 0 Å². The highest BCUT2D eigenvalue weighted by Gasteiger charge is 2.33. The van der Waals surface area contributed by atoms with Gasteiger partial charge in [0, 0.05) is 5.56 Å². The van der Waals surface area contributed by atoms with Crippen LogP contribution in [0.2, 0.25) is 0 Å². The van der Waals surface area contributed by atoms with Gasteiger partial charge in [-0.15, -0.1) is 0 Å². The first-order chi connectivity index (χ1) is 8.19. The molecule has 0 fully saturated rings. The van der Waals surface area contributed by atoms with Crippen LogP contribution in [0.15, 0.2) is 21.1 Å². The zero-order valence-electron chi connectivity index (χ0n) is 11.7. The second kappa shape index (κ2) is 4.34. The Hall–Kier alpha value is -0.900. The lowest BCUT2D eigenvalue weighted by molar-refractivity contribution is 0.364. The van der Waals surface area contributed by atoms with E-state index < -0.39 is 11.0 Å². The molecule has 0 saturated carbocycles.